The van der Waals surface area contributed by atoms with Crippen LogP contribution in [-0.2, 0) is 14.8 Å². The van der Waals surface area contributed by atoms with Crippen molar-refractivity contribution in [3.63, 3.8) is 0 Å². The van der Waals surface area contributed by atoms with E-state index in [0.717, 1.165) is 33.8 Å². The molecule has 1 saturated heterocycles. The van der Waals surface area contributed by atoms with Gasteiger partial charge in [-0.15, -0.1) is 11.3 Å². The highest BCUT2D eigenvalue weighted by Gasteiger charge is 2.27. The second kappa shape index (κ2) is 9.56. The summed E-state index contributed by atoms with van der Waals surface area (Å²) >= 11 is 2.88. The molecule has 0 saturated carbocycles. The van der Waals surface area contributed by atoms with Crippen LogP contribution in [0.1, 0.15) is 19.3 Å². The molecule has 0 radical (unpaired) electrons. The average Bonchev–Trinajstić information content (AvgIpc) is 3.21. The summed E-state index contributed by atoms with van der Waals surface area (Å²) in [5.74, 6) is 0.317. The van der Waals surface area contributed by atoms with E-state index in [1.54, 1.807) is 6.07 Å². The van der Waals surface area contributed by atoms with Gasteiger partial charge >= 0.3 is 0 Å². The summed E-state index contributed by atoms with van der Waals surface area (Å²) in [7, 11) is -2.12. The summed E-state index contributed by atoms with van der Waals surface area (Å²) in [5.41, 5.74) is 1.25. The average molecular weight is 478 g/mol. The summed E-state index contributed by atoms with van der Waals surface area (Å²) in [4.78, 5) is 17.2. The number of anilines is 1. The summed E-state index contributed by atoms with van der Waals surface area (Å²) in [6.07, 6.45) is 2.77. The van der Waals surface area contributed by atoms with E-state index in [4.69, 9.17) is 4.74 Å². The first-order valence-corrected chi connectivity index (χ1v) is 13.2. The van der Waals surface area contributed by atoms with Crippen molar-refractivity contribution in [2.75, 3.05) is 31.3 Å². The predicted molar refractivity (Wildman–Crippen MR) is 125 cm³/mol. The Bertz CT molecular complexity index is 1150. The lowest BCUT2D eigenvalue weighted by Crippen LogP contribution is -2.35. The third-order valence-electron chi connectivity index (χ3n) is 5.00. The number of methoxy groups -OCH3 is 1. The number of hydrogen-bond donors (Lipinski definition) is 1. The van der Waals surface area contributed by atoms with Crippen LogP contribution in [0.25, 0.3) is 10.2 Å². The molecule has 164 valence electrons. The Kier molecular flexibility index (Phi) is 6.80. The maximum atomic E-state index is 13.0. The van der Waals surface area contributed by atoms with Crippen LogP contribution in [0.5, 0.6) is 5.75 Å². The van der Waals surface area contributed by atoms with Crippen LogP contribution in [0.15, 0.2) is 51.7 Å². The van der Waals surface area contributed by atoms with E-state index in [1.807, 2.05) is 24.3 Å². The molecule has 1 amide bonds. The molecule has 0 unspecified atom stereocenters. The monoisotopic (exact) mass is 477 g/mol. The summed E-state index contributed by atoms with van der Waals surface area (Å²) in [6, 6.07) is 12.4. The number of thiazole rings is 1. The number of nitrogens with one attached hydrogen (secondary N) is 1. The first-order valence-electron chi connectivity index (χ1n) is 9.94. The van der Waals surface area contributed by atoms with Gasteiger partial charge in [-0.2, -0.15) is 4.31 Å². The summed E-state index contributed by atoms with van der Waals surface area (Å²) < 4.78 is 34.7. The van der Waals surface area contributed by atoms with E-state index in [2.05, 4.69) is 10.3 Å². The molecular weight excluding hydrogens is 454 g/mol. The number of nitrogens with zero attached hydrogens (tertiary/aromatic N) is 2. The number of fused-ring (bicyclic) bond motifs is 1. The van der Waals surface area contributed by atoms with Crippen molar-refractivity contribution in [3.8, 4) is 5.75 Å². The number of benzene rings is 2. The van der Waals surface area contributed by atoms with Crippen LogP contribution < -0.4 is 10.1 Å². The number of amides is 1. The number of sulfonamides is 1. The number of piperidine rings is 1. The molecule has 10 heteroatoms. The Hall–Kier alpha value is -2.14. The zero-order valence-corrected chi connectivity index (χ0v) is 19.5. The zero-order chi connectivity index (χ0) is 21.8. The predicted octanol–water partition coefficient (Wildman–Crippen LogP) is 4.21. The SMILES string of the molecule is COc1ccc(S(=O)(=O)N2CCCCC2)cc1NC(=O)CSc1nc2ccccc2s1. The fraction of sp³-hybridized carbons (Fsp3) is 0.333. The van der Waals surface area contributed by atoms with E-state index in [-0.39, 0.29) is 16.6 Å². The molecule has 4 rings (SSSR count). The van der Waals surface area contributed by atoms with Crippen molar-refractivity contribution in [2.24, 2.45) is 0 Å². The number of ether oxygens (including phenoxy) is 1. The summed E-state index contributed by atoms with van der Waals surface area (Å²) in [5, 5.41) is 2.79. The molecule has 0 atom stereocenters. The fourth-order valence-electron chi connectivity index (χ4n) is 3.43. The Labute approximate surface area is 189 Å². The van der Waals surface area contributed by atoms with E-state index < -0.39 is 10.0 Å². The lowest BCUT2D eigenvalue weighted by molar-refractivity contribution is -0.113. The molecule has 0 bridgehead atoms. The highest BCUT2D eigenvalue weighted by Crippen LogP contribution is 2.32. The summed E-state index contributed by atoms with van der Waals surface area (Å²) in [6.45, 7) is 1.05. The quantitative estimate of drug-likeness (QED) is 0.513. The number of hydrogen-bond acceptors (Lipinski definition) is 7. The Morgan fingerprint density at radius 2 is 1.97 bits per heavy atom. The molecule has 1 aliphatic heterocycles. The van der Waals surface area contributed by atoms with Gasteiger partial charge in [0.1, 0.15) is 5.75 Å². The molecule has 1 aromatic heterocycles. The third kappa shape index (κ3) is 5.03. The normalized spacial score (nSPS) is 15.1. The first kappa shape index (κ1) is 22.1. The largest absolute Gasteiger partial charge is 0.495 e. The minimum Gasteiger partial charge on any atom is -0.495 e. The lowest BCUT2D eigenvalue weighted by atomic mass is 10.2. The highest BCUT2D eigenvalue weighted by atomic mass is 32.2. The molecule has 1 aliphatic rings. The Morgan fingerprint density at radius 1 is 1.19 bits per heavy atom. The molecule has 2 heterocycles. The zero-order valence-electron chi connectivity index (χ0n) is 17.0. The van der Waals surface area contributed by atoms with Gasteiger partial charge < -0.3 is 10.1 Å². The number of carbonyl (C=O) groups excluding carboxylic acids is 1. The molecule has 1 fully saturated rings. The van der Waals surface area contributed by atoms with Crippen LogP contribution in [0.2, 0.25) is 0 Å². The van der Waals surface area contributed by atoms with Crippen molar-refractivity contribution < 1.29 is 17.9 Å². The Morgan fingerprint density at radius 3 is 2.71 bits per heavy atom. The van der Waals surface area contributed by atoms with Crippen molar-refractivity contribution in [3.05, 3.63) is 42.5 Å². The molecule has 0 spiro atoms. The third-order valence-corrected chi connectivity index (χ3v) is 9.07. The van der Waals surface area contributed by atoms with Gasteiger partial charge in [0.2, 0.25) is 15.9 Å². The van der Waals surface area contributed by atoms with Gasteiger partial charge in [-0.25, -0.2) is 13.4 Å². The number of carbonyl (C=O) groups is 1. The van der Waals surface area contributed by atoms with Crippen LogP contribution in [-0.4, -0.2) is 49.6 Å². The van der Waals surface area contributed by atoms with Crippen LogP contribution in [0.3, 0.4) is 0 Å². The van der Waals surface area contributed by atoms with E-state index in [9.17, 15) is 13.2 Å². The smallest absolute Gasteiger partial charge is 0.243 e. The maximum absolute atomic E-state index is 13.0. The van der Waals surface area contributed by atoms with Gasteiger partial charge in [-0.1, -0.05) is 30.3 Å². The van der Waals surface area contributed by atoms with Crippen LogP contribution >= 0.6 is 23.1 Å². The Balaban J connectivity index is 1.47. The van der Waals surface area contributed by atoms with E-state index in [1.165, 1.54) is 46.6 Å². The second-order valence-corrected chi connectivity index (χ2v) is 11.3. The van der Waals surface area contributed by atoms with E-state index in [0.29, 0.717) is 24.5 Å². The van der Waals surface area contributed by atoms with Gasteiger partial charge in [0.25, 0.3) is 0 Å². The van der Waals surface area contributed by atoms with E-state index >= 15 is 0 Å². The van der Waals surface area contributed by atoms with Crippen molar-refractivity contribution >= 4 is 54.9 Å². The second-order valence-electron chi connectivity index (χ2n) is 7.11. The van der Waals surface area contributed by atoms with Gasteiger partial charge in [0.15, 0.2) is 4.34 Å². The standard InChI is InChI=1S/C21H23N3O4S3/c1-28-18-10-9-15(31(26,27)24-11-5-2-6-12-24)13-17(18)22-20(25)14-29-21-23-16-7-3-4-8-19(16)30-21/h3-4,7-10,13H,2,5-6,11-12,14H2,1H3,(H,22,25). The molecule has 7 nitrogen and oxygen atoms in total. The van der Waals surface area contributed by atoms with Crippen molar-refractivity contribution in [1.29, 1.82) is 0 Å². The molecule has 3 aromatic rings. The van der Waals surface area contributed by atoms with Crippen LogP contribution in [0, 0.1) is 0 Å². The van der Waals surface area contributed by atoms with Gasteiger partial charge in [-0.05, 0) is 43.2 Å². The number of para-hydroxylation sites is 1. The molecular formula is C21H23N3O4S3. The maximum Gasteiger partial charge on any atom is 0.243 e. The van der Waals surface area contributed by atoms with Crippen molar-refractivity contribution in [1.82, 2.24) is 9.29 Å². The minimum atomic E-state index is -3.60. The first-order chi connectivity index (χ1) is 15.0. The topological polar surface area (TPSA) is 88.6 Å². The van der Waals surface area contributed by atoms with Crippen LogP contribution in [0.4, 0.5) is 5.69 Å². The van der Waals surface area contributed by atoms with Gasteiger partial charge in [0, 0.05) is 13.1 Å². The molecule has 2 aromatic carbocycles. The molecule has 31 heavy (non-hydrogen) atoms. The highest BCUT2D eigenvalue weighted by molar-refractivity contribution is 8.01. The van der Waals surface area contributed by atoms with Crippen molar-refractivity contribution in [2.45, 2.75) is 28.5 Å². The number of thioether (sulfide) groups is 1. The fourth-order valence-corrected chi connectivity index (χ4v) is 6.84. The molecule has 0 aliphatic carbocycles. The van der Waals surface area contributed by atoms with Gasteiger partial charge in [-0.3, -0.25) is 4.79 Å². The number of aromatic nitrogens is 1. The molecule has 1 N–H and O–H groups in total. The number of rotatable bonds is 7. The minimum absolute atomic E-state index is 0.157. The van der Waals surface area contributed by atoms with Gasteiger partial charge in [0.05, 0.1) is 33.7 Å². The lowest BCUT2D eigenvalue weighted by Gasteiger charge is -2.26.